The van der Waals surface area contributed by atoms with Gasteiger partial charge >= 0.3 is 0 Å². The van der Waals surface area contributed by atoms with Gasteiger partial charge in [-0.15, -0.1) is 0 Å². The van der Waals surface area contributed by atoms with E-state index in [0.717, 1.165) is 73.0 Å². The van der Waals surface area contributed by atoms with Gasteiger partial charge in [-0.25, -0.2) is 4.98 Å². The van der Waals surface area contributed by atoms with Crippen molar-refractivity contribution >= 4 is 16.4 Å². The van der Waals surface area contributed by atoms with Gasteiger partial charge in [-0.1, -0.05) is 18.2 Å². The summed E-state index contributed by atoms with van der Waals surface area (Å²) in [5.74, 6) is 3.37. The molecule has 1 aliphatic heterocycles. The van der Waals surface area contributed by atoms with Crippen molar-refractivity contribution in [3.05, 3.63) is 84.4 Å². The Hall–Kier alpha value is -3.77. The topological polar surface area (TPSA) is 54.8 Å². The van der Waals surface area contributed by atoms with Gasteiger partial charge in [0, 0.05) is 41.3 Å². The van der Waals surface area contributed by atoms with Crippen LogP contribution in [-0.2, 0) is 6.42 Å². The van der Waals surface area contributed by atoms with E-state index in [1.54, 1.807) is 14.2 Å². The maximum absolute atomic E-state index is 5.65. The number of H-pyrrole nitrogens is 1. The summed E-state index contributed by atoms with van der Waals surface area (Å²) in [4.78, 5) is 11.2. The number of fused-ring (bicyclic) bond motifs is 2. The molecule has 0 unspecified atom stereocenters. The molecule has 1 aliphatic rings. The second kappa shape index (κ2) is 9.70. The number of nitrogens with one attached hydrogen (secondary N) is 1. The number of aromatic amines is 1. The molecule has 0 atom stereocenters. The molecule has 1 fully saturated rings. The Kier molecular flexibility index (Phi) is 6.11. The molecule has 4 heterocycles. The summed E-state index contributed by atoms with van der Waals surface area (Å²) in [7, 11) is 3.44. The zero-order valence-electron chi connectivity index (χ0n) is 20.9. The lowest BCUT2D eigenvalue weighted by atomic mass is 9.95. The molecule has 5 aromatic rings. The highest BCUT2D eigenvalue weighted by atomic mass is 16.5. The van der Waals surface area contributed by atoms with Crippen LogP contribution in [0.1, 0.15) is 30.1 Å². The second-order valence-electron chi connectivity index (χ2n) is 9.57. The maximum atomic E-state index is 5.65. The van der Waals surface area contributed by atoms with Crippen molar-refractivity contribution in [3.63, 3.8) is 0 Å². The average molecular weight is 481 g/mol. The van der Waals surface area contributed by atoms with Gasteiger partial charge in [0.2, 0.25) is 0 Å². The summed E-state index contributed by atoms with van der Waals surface area (Å²) < 4.78 is 13.4. The van der Waals surface area contributed by atoms with Crippen LogP contribution in [0, 0.1) is 0 Å². The predicted molar refractivity (Wildman–Crippen MR) is 144 cm³/mol. The van der Waals surface area contributed by atoms with E-state index < -0.39 is 0 Å². The fourth-order valence-corrected chi connectivity index (χ4v) is 5.57. The number of pyridine rings is 1. The number of imidazole rings is 1. The number of aromatic nitrogens is 3. The van der Waals surface area contributed by atoms with E-state index in [0.29, 0.717) is 5.92 Å². The summed E-state index contributed by atoms with van der Waals surface area (Å²) in [6.07, 6.45) is 7.55. The first-order chi connectivity index (χ1) is 17.7. The Balaban J connectivity index is 1.18. The largest absolute Gasteiger partial charge is 0.497 e. The van der Waals surface area contributed by atoms with Crippen LogP contribution in [0.15, 0.2) is 73.1 Å². The van der Waals surface area contributed by atoms with Crippen molar-refractivity contribution in [2.75, 3.05) is 33.9 Å². The summed E-state index contributed by atoms with van der Waals surface area (Å²) in [5, 5.41) is 1.26. The highest BCUT2D eigenvalue weighted by Crippen LogP contribution is 2.36. The molecule has 0 bridgehead atoms. The summed E-state index contributed by atoms with van der Waals surface area (Å²) in [6.45, 7) is 3.23. The minimum Gasteiger partial charge on any atom is -0.497 e. The third kappa shape index (κ3) is 4.11. The van der Waals surface area contributed by atoms with E-state index in [1.165, 1.54) is 16.5 Å². The zero-order chi connectivity index (χ0) is 24.5. The van der Waals surface area contributed by atoms with Crippen molar-refractivity contribution in [2.24, 2.45) is 0 Å². The molecule has 1 N–H and O–H groups in total. The minimum absolute atomic E-state index is 0.442. The van der Waals surface area contributed by atoms with Gasteiger partial charge in [-0.2, -0.15) is 0 Å². The standard InChI is InChI=1S/C30H32N4O2/c1-35-23-10-11-26-25(19-23)22(20-31-26)14-18-33-16-12-21(13-17-33)30-32-29(27-8-5-6-15-34(27)30)24-7-3-4-9-28(24)36-2/h3-11,15,19-21,31H,12-14,16-18H2,1-2H3. The first-order valence-corrected chi connectivity index (χ1v) is 12.7. The van der Waals surface area contributed by atoms with Crippen LogP contribution in [0.25, 0.3) is 27.7 Å². The van der Waals surface area contributed by atoms with E-state index >= 15 is 0 Å². The van der Waals surface area contributed by atoms with Gasteiger partial charge in [0.1, 0.15) is 23.0 Å². The van der Waals surface area contributed by atoms with Crippen LogP contribution >= 0.6 is 0 Å². The van der Waals surface area contributed by atoms with Crippen molar-refractivity contribution in [1.82, 2.24) is 19.3 Å². The van der Waals surface area contributed by atoms with Gasteiger partial charge in [-0.3, -0.25) is 0 Å². The maximum Gasteiger partial charge on any atom is 0.128 e. The Labute approximate surface area is 211 Å². The highest BCUT2D eigenvalue weighted by molar-refractivity contribution is 5.84. The minimum atomic E-state index is 0.442. The lowest BCUT2D eigenvalue weighted by Crippen LogP contribution is -2.34. The van der Waals surface area contributed by atoms with Crippen LogP contribution in [0.5, 0.6) is 11.5 Å². The number of methoxy groups -OCH3 is 2. The van der Waals surface area contributed by atoms with Gasteiger partial charge in [0.15, 0.2) is 0 Å². The molecule has 6 heteroatoms. The van der Waals surface area contributed by atoms with Crippen LogP contribution in [0.3, 0.4) is 0 Å². The van der Waals surface area contributed by atoms with Gasteiger partial charge in [0.05, 0.1) is 19.7 Å². The Morgan fingerprint density at radius 1 is 0.972 bits per heavy atom. The molecular formula is C30H32N4O2. The van der Waals surface area contributed by atoms with Crippen molar-refractivity contribution in [1.29, 1.82) is 0 Å². The molecule has 6 nitrogen and oxygen atoms in total. The molecule has 0 spiro atoms. The number of nitrogens with zero attached hydrogens (tertiary/aromatic N) is 3. The number of piperidine rings is 1. The van der Waals surface area contributed by atoms with Crippen molar-refractivity contribution in [2.45, 2.75) is 25.2 Å². The summed E-state index contributed by atoms with van der Waals surface area (Å²) >= 11 is 0. The SMILES string of the molecule is COc1ccc2[nH]cc(CCN3CCC(c4nc(-c5ccccc5OC)c5ccccn45)CC3)c2c1. The number of likely N-dealkylation sites (tertiary alicyclic amines) is 1. The number of ether oxygens (including phenoxy) is 2. The number of para-hydroxylation sites is 1. The number of rotatable bonds is 7. The number of hydrogen-bond donors (Lipinski definition) is 1. The van der Waals surface area contributed by atoms with Crippen LogP contribution < -0.4 is 9.47 Å². The Morgan fingerprint density at radius 3 is 2.64 bits per heavy atom. The second-order valence-corrected chi connectivity index (χ2v) is 9.57. The molecule has 0 amide bonds. The summed E-state index contributed by atoms with van der Waals surface area (Å²) in [6, 6.07) is 20.7. The van der Waals surface area contributed by atoms with Crippen molar-refractivity contribution in [3.8, 4) is 22.8 Å². The lowest BCUT2D eigenvalue weighted by molar-refractivity contribution is 0.211. The van der Waals surface area contributed by atoms with E-state index in [1.807, 2.05) is 24.3 Å². The first kappa shape index (κ1) is 22.7. The van der Waals surface area contributed by atoms with Crippen LogP contribution in [0.4, 0.5) is 0 Å². The fourth-order valence-electron chi connectivity index (χ4n) is 5.57. The monoisotopic (exact) mass is 480 g/mol. The molecule has 1 saturated heterocycles. The Bertz CT molecular complexity index is 1490. The molecule has 184 valence electrons. The molecule has 6 rings (SSSR count). The number of benzene rings is 2. The lowest BCUT2D eigenvalue weighted by Gasteiger charge is -2.31. The molecule has 0 radical (unpaired) electrons. The molecule has 36 heavy (non-hydrogen) atoms. The van der Waals surface area contributed by atoms with Crippen molar-refractivity contribution < 1.29 is 9.47 Å². The smallest absolute Gasteiger partial charge is 0.128 e. The van der Waals surface area contributed by atoms with E-state index in [9.17, 15) is 0 Å². The zero-order valence-corrected chi connectivity index (χ0v) is 20.9. The molecule has 2 aromatic carbocycles. The van der Waals surface area contributed by atoms with Gasteiger partial charge in [-0.05, 0) is 80.4 Å². The molecule has 3 aromatic heterocycles. The third-order valence-corrected chi connectivity index (χ3v) is 7.56. The number of hydrogen-bond acceptors (Lipinski definition) is 4. The van der Waals surface area contributed by atoms with Crippen LogP contribution in [-0.4, -0.2) is 53.1 Å². The van der Waals surface area contributed by atoms with Gasteiger partial charge in [0.25, 0.3) is 0 Å². The predicted octanol–water partition coefficient (Wildman–Crippen LogP) is 5.92. The van der Waals surface area contributed by atoms with E-state index in [4.69, 9.17) is 14.5 Å². The highest BCUT2D eigenvalue weighted by Gasteiger charge is 2.26. The molecular weight excluding hydrogens is 448 g/mol. The molecule has 0 aliphatic carbocycles. The summed E-state index contributed by atoms with van der Waals surface area (Å²) in [5.41, 5.74) is 5.70. The molecule has 0 saturated carbocycles. The van der Waals surface area contributed by atoms with E-state index in [-0.39, 0.29) is 0 Å². The quantitative estimate of drug-likeness (QED) is 0.314. The fraction of sp³-hybridized carbons (Fsp3) is 0.300. The first-order valence-electron chi connectivity index (χ1n) is 12.7. The average Bonchev–Trinajstić information content (AvgIpc) is 3.53. The Morgan fingerprint density at radius 2 is 1.81 bits per heavy atom. The van der Waals surface area contributed by atoms with Crippen LogP contribution in [0.2, 0.25) is 0 Å². The van der Waals surface area contributed by atoms with Gasteiger partial charge < -0.3 is 23.8 Å². The van der Waals surface area contributed by atoms with E-state index in [2.05, 4.69) is 63.1 Å². The normalized spacial score (nSPS) is 15.1. The third-order valence-electron chi connectivity index (χ3n) is 7.56.